The molecule has 0 N–H and O–H groups in total. The molecule has 0 spiro atoms. The molecular weight excluding hydrogens is 145 g/mol. The Balaban J connectivity index is 2.78. The second-order valence-electron chi connectivity index (χ2n) is 2.47. The van der Waals surface area contributed by atoms with Crippen LogP contribution in [0.2, 0.25) is 0 Å². The molecule has 0 amide bonds. The highest BCUT2D eigenvalue weighted by atomic mass is 19.1. The molecule has 3 heteroatoms. The summed E-state index contributed by atoms with van der Waals surface area (Å²) >= 11 is 0. The molecule has 1 aromatic heterocycles. The van der Waals surface area contributed by atoms with Gasteiger partial charge >= 0.3 is 0 Å². The Labute approximate surface area is 65.0 Å². The molecule has 1 heterocycles. The summed E-state index contributed by atoms with van der Waals surface area (Å²) in [5.74, 6) is -0.156. The molecule has 0 unspecified atom stereocenters. The molecule has 0 radical (unpaired) electrons. The number of hydrogen-bond donors (Lipinski definition) is 0. The van der Waals surface area contributed by atoms with Gasteiger partial charge in [-0.05, 0) is 13.8 Å². The van der Waals surface area contributed by atoms with Crippen molar-refractivity contribution < 1.29 is 9.13 Å². The number of nitrogens with zero attached hydrogens (tertiary/aromatic N) is 1. The van der Waals surface area contributed by atoms with Crippen LogP contribution in [0.3, 0.4) is 0 Å². The minimum absolute atomic E-state index is 0.00750. The number of rotatable bonds is 2. The third kappa shape index (κ3) is 2.18. The van der Waals surface area contributed by atoms with Gasteiger partial charge < -0.3 is 4.74 Å². The molecule has 0 saturated heterocycles. The van der Waals surface area contributed by atoms with Crippen molar-refractivity contribution in [2.75, 3.05) is 0 Å². The monoisotopic (exact) mass is 155 g/mol. The van der Waals surface area contributed by atoms with Crippen LogP contribution in [0.5, 0.6) is 5.75 Å². The summed E-state index contributed by atoms with van der Waals surface area (Å²) in [6.07, 6.45) is 2.63. The van der Waals surface area contributed by atoms with Crippen LogP contribution in [0, 0.1) is 5.82 Å². The van der Waals surface area contributed by atoms with Crippen LogP contribution in [0.4, 0.5) is 4.39 Å². The summed E-state index contributed by atoms with van der Waals surface area (Å²) in [7, 11) is 0. The van der Waals surface area contributed by atoms with Crippen molar-refractivity contribution in [2.24, 2.45) is 0 Å². The zero-order valence-electron chi connectivity index (χ0n) is 6.54. The zero-order chi connectivity index (χ0) is 8.27. The maximum atomic E-state index is 12.8. The largest absolute Gasteiger partial charge is 0.488 e. The summed E-state index contributed by atoms with van der Waals surface area (Å²) in [6.45, 7) is 3.69. The van der Waals surface area contributed by atoms with Crippen molar-refractivity contribution in [1.29, 1.82) is 0 Å². The fourth-order valence-corrected chi connectivity index (χ4v) is 0.712. The van der Waals surface area contributed by atoms with Crippen molar-refractivity contribution in [3.63, 3.8) is 0 Å². The standard InChI is InChI=1S/C8H10FNO/c1-6(2)11-8-3-4-10-5-7(8)9/h3-6H,1-2H3. The van der Waals surface area contributed by atoms with Crippen molar-refractivity contribution in [2.45, 2.75) is 20.0 Å². The predicted molar refractivity (Wildman–Crippen MR) is 40.0 cm³/mol. The molecule has 0 aromatic carbocycles. The Kier molecular flexibility index (Phi) is 2.41. The molecule has 0 bridgehead atoms. The van der Waals surface area contributed by atoms with Gasteiger partial charge in [0.05, 0.1) is 12.3 Å². The topological polar surface area (TPSA) is 22.1 Å². The molecule has 0 aliphatic heterocycles. The Bertz CT molecular complexity index is 237. The Morgan fingerprint density at radius 2 is 2.27 bits per heavy atom. The lowest BCUT2D eigenvalue weighted by atomic mass is 10.4. The van der Waals surface area contributed by atoms with Crippen molar-refractivity contribution in [3.05, 3.63) is 24.3 Å². The SMILES string of the molecule is CC(C)Oc1ccncc1F. The van der Waals surface area contributed by atoms with Gasteiger partial charge in [-0.25, -0.2) is 4.39 Å². The lowest BCUT2D eigenvalue weighted by Crippen LogP contribution is -2.06. The molecule has 0 aliphatic carbocycles. The molecule has 0 atom stereocenters. The van der Waals surface area contributed by atoms with E-state index in [1.807, 2.05) is 13.8 Å². The number of halogens is 1. The van der Waals surface area contributed by atoms with Gasteiger partial charge in [-0.3, -0.25) is 4.98 Å². The normalized spacial score (nSPS) is 10.2. The van der Waals surface area contributed by atoms with E-state index in [2.05, 4.69) is 4.98 Å². The van der Waals surface area contributed by atoms with E-state index >= 15 is 0 Å². The molecule has 2 nitrogen and oxygen atoms in total. The molecular formula is C8H10FNO. The number of pyridine rings is 1. The number of ether oxygens (including phenoxy) is 1. The first kappa shape index (κ1) is 7.98. The highest BCUT2D eigenvalue weighted by Crippen LogP contribution is 2.15. The first-order valence-corrected chi connectivity index (χ1v) is 3.46. The minimum atomic E-state index is -0.416. The Hall–Kier alpha value is -1.12. The number of aromatic nitrogens is 1. The molecule has 60 valence electrons. The first-order chi connectivity index (χ1) is 5.20. The lowest BCUT2D eigenvalue weighted by Gasteiger charge is -2.08. The van der Waals surface area contributed by atoms with Crippen LogP contribution >= 0.6 is 0 Å². The van der Waals surface area contributed by atoms with E-state index in [0.717, 1.165) is 6.20 Å². The average Bonchev–Trinajstić information content (AvgIpc) is 1.93. The molecule has 0 fully saturated rings. The van der Waals surface area contributed by atoms with Crippen molar-refractivity contribution >= 4 is 0 Å². The van der Waals surface area contributed by atoms with E-state index in [9.17, 15) is 4.39 Å². The predicted octanol–water partition coefficient (Wildman–Crippen LogP) is 2.01. The van der Waals surface area contributed by atoms with Crippen LogP contribution < -0.4 is 4.74 Å². The van der Waals surface area contributed by atoms with E-state index in [1.165, 1.54) is 12.3 Å². The molecule has 0 aliphatic rings. The highest BCUT2D eigenvalue weighted by molar-refractivity contribution is 5.19. The second-order valence-corrected chi connectivity index (χ2v) is 2.47. The van der Waals surface area contributed by atoms with Crippen LogP contribution in [-0.4, -0.2) is 11.1 Å². The van der Waals surface area contributed by atoms with E-state index in [1.54, 1.807) is 0 Å². The summed E-state index contributed by atoms with van der Waals surface area (Å²) in [5.41, 5.74) is 0. The van der Waals surface area contributed by atoms with Gasteiger partial charge in [0.25, 0.3) is 0 Å². The molecule has 1 aromatic rings. The highest BCUT2D eigenvalue weighted by Gasteiger charge is 2.02. The fraction of sp³-hybridized carbons (Fsp3) is 0.375. The summed E-state index contributed by atoms with van der Waals surface area (Å²) < 4.78 is 17.9. The van der Waals surface area contributed by atoms with Gasteiger partial charge in [0.1, 0.15) is 0 Å². The van der Waals surface area contributed by atoms with E-state index in [-0.39, 0.29) is 11.9 Å². The quantitative estimate of drug-likeness (QED) is 0.651. The molecule has 0 saturated carbocycles. The summed E-state index contributed by atoms with van der Waals surface area (Å²) in [4.78, 5) is 3.60. The Morgan fingerprint density at radius 3 is 2.82 bits per heavy atom. The summed E-state index contributed by atoms with van der Waals surface area (Å²) in [6, 6.07) is 1.51. The van der Waals surface area contributed by atoms with E-state index in [0.29, 0.717) is 0 Å². The molecule has 11 heavy (non-hydrogen) atoms. The molecule has 1 rings (SSSR count). The van der Waals surface area contributed by atoms with Gasteiger partial charge in [-0.2, -0.15) is 0 Å². The second kappa shape index (κ2) is 3.32. The van der Waals surface area contributed by atoms with Gasteiger partial charge in [-0.15, -0.1) is 0 Å². The van der Waals surface area contributed by atoms with E-state index < -0.39 is 5.82 Å². The summed E-state index contributed by atoms with van der Waals surface area (Å²) in [5, 5.41) is 0. The van der Waals surface area contributed by atoms with E-state index in [4.69, 9.17) is 4.74 Å². The smallest absolute Gasteiger partial charge is 0.183 e. The first-order valence-electron chi connectivity index (χ1n) is 3.46. The third-order valence-corrected chi connectivity index (χ3v) is 1.10. The van der Waals surface area contributed by atoms with Crippen LogP contribution in [0.15, 0.2) is 18.5 Å². The van der Waals surface area contributed by atoms with Crippen LogP contribution in [-0.2, 0) is 0 Å². The lowest BCUT2D eigenvalue weighted by molar-refractivity contribution is 0.230. The Morgan fingerprint density at radius 1 is 1.55 bits per heavy atom. The van der Waals surface area contributed by atoms with Crippen molar-refractivity contribution in [1.82, 2.24) is 4.98 Å². The van der Waals surface area contributed by atoms with Gasteiger partial charge in [0, 0.05) is 12.3 Å². The maximum absolute atomic E-state index is 12.8. The average molecular weight is 155 g/mol. The third-order valence-electron chi connectivity index (χ3n) is 1.10. The maximum Gasteiger partial charge on any atom is 0.183 e. The number of hydrogen-bond acceptors (Lipinski definition) is 2. The van der Waals surface area contributed by atoms with Crippen LogP contribution in [0.1, 0.15) is 13.8 Å². The van der Waals surface area contributed by atoms with Gasteiger partial charge in [-0.1, -0.05) is 0 Å². The zero-order valence-corrected chi connectivity index (χ0v) is 6.54. The van der Waals surface area contributed by atoms with Gasteiger partial charge in [0.15, 0.2) is 11.6 Å². The minimum Gasteiger partial charge on any atom is -0.488 e. The van der Waals surface area contributed by atoms with Crippen molar-refractivity contribution in [3.8, 4) is 5.75 Å². The van der Waals surface area contributed by atoms with Crippen LogP contribution in [0.25, 0.3) is 0 Å². The van der Waals surface area contributed by atoms with Gasteiger partial charge in [0.2, 0.25) is 0 Å². The fourth-order valence-electron chi connectivity index (χ4n) is 0.712.